The number of hydrogen-bond acceptors (Lipinski definition) is 4. The fourth-order valence-electron chi connectivity index (χ4n) is 1.35. The van der Waals surface area contributed by atoms with Gasteiger partial charge in [-0.1, -0.05) is 0 Å². The zero-order chi connectivity index (χ0) is 11.6. The number of ether oxygens (including phenoxy) is 1. The fraction of sp³-hybridized carbons (Fsp3) is 0.300. The summed E-state index contributed by atoms with van der Waals surface area (Å²) in [6.45, 7) is 1.76. The quantitative estimate of drug-likeness (QED) is 0.687. The first-order valence-corrected chi connectivity index (χ1v) is 4.33. The molecule has 0 fully saturated rings. The number of benzene rings is 1. The van der Waals surface area contributed by atoms with E-state index >= 15 is 0 Å². The summed E-state index contributed by atoms with van der Waals surface area (Å²) in [5.41, 5.74) is 6.29. The number of rotatable bonds is 3. The van der Waals surface area contributed by atoms with Crippen LogP contribution in [-0.2, 0) is 4.79 Å². The van der Waals surface area contributed by atoms with Crippen LogP contribution in [0, 0.1) is 6.92 Å². The van der Waals surface area contributed by atoms with Crippen LogP contribution < -0.4 is 10.5 Å². The van der Waals surface area contributed by atoms with E-state index in [-0.39, 0.29) is 17.1 Å². The van der Waals surface area contributed by atoms with Crippen LogP contribution in [0.1, 0.15) is 17.2 Å². The third kappa shape index (κ3) is 2.19. The molecule has 0 aliphatic rings. The minimum atomic E-state index is -1.29. The first-order chi connectivity index (χ1) is 6.97. The Balaban J connectivity index is 3.32. The van der Waals surface area contributed by atoms with E-state index < -0.39 is 12.0 Å². The van der Waals surface area contributed by atoms with Crippen LogP contribution in [0.2, 0.25) is 0 Å². The van der Waals surface area contributed by atoms with Gasteiger partial charge in [-0.3, -0.25) is 4.79 Å². The number of aryl methyl sites for hydroxylation is 1. The second-order valence-electron chi connectivity index (χ2n) is 3.22. The van der Waals surface area contributed by atoms with Crippen molar-refractivity contribution < 1.29 is 19.7 Å². The molecular formula is C10H13NO4. The van der Waals surface area contributed by atoms with Gasteiger partial charge in [-0.15, -0.1) is 0 Å². The van der Waals surface area contributed by atoms with Crippen LogP contribution in [0.4, 0.5) is 0 Å². The molecule has 0 aromatic heterocycles. The van der Waals surface area contributed by atoms with Gasteiger partial charge in [-0.25, -0.2) is 0 Å². The van der Waals surface area contributed by atoms with Crippen LogP contribution in [0.25, 0.3) is 0 Å². The number of methoxy groups -OCH3 is 1. The molecule has 4 N–H and O–H groups in total. The molecule has 1 atom stereocenters. The standard InChI is InChI=1S/C10H13NO4/c1-5-3-6(12)8(7(4-5)15-2)9(11)10(13)14/h3-4,9,12H,11H2,1-2H3,(H,13,14)/t9-/m0/s1. The van der Waals surface area contributed by atoms with Gasteiger partial charge in [-0.05, 0) is 24.6 Å². The highest BCUT2D eigenvalue weighted by atomic mass is 16.5. The molecule has 0 heterocycles. The lowest BCUT2D eigenvalue weighted by atomic mass is 10.0. The predicted octanol–water partition coefficient (Wildman–Crippen LogP) is 0.794. The van der Waals surface area contributed by atoms with Crippen molar-refractivity contribution in [1.82, 2.24) is 0 Å². The molecule has 0 unspecified atom stereocenters. The summed E-state index contributed by atoms with van der Waals surface area (Å²) in [4.78, 5) is 10.7. The van der Waals surface area contributed by atoms with Gasteiger partial charge in [0.15, 0.2) is 0 Å². The molecule has 1 aromatic rings. The number of nitrogens with two attached hydrogens (primary N) is 1. The lowest BCUT2D eigenvalue weighted by Crippen LogP contribution is -2.21. The summed E-state index contributed by atoms with van der Waals surface area (Å²) >= 11 is 0. The lowest BCUT2D eigenvalue weighted by molar-refractivity contribution is -0.138. The molecule has 0 aliphatic heterocycles. The average Bonchev–Trinajstić information content (AvgIpc) is 2.15. The Morgan fingerprint density at radius 1 is 1.53 bits per heavy atom. The Morgan fingerprint density at radius 3 is 2.60 bits per heavy atom. The van der Waals surface area contributed by atoms with E-state index in [4.69, 9.17) is 15.6 Å². The van der Waals surface area contributed by atoms with Crippen LogP contribution in [-0.4, -0.2) is 23.3 Å². The molecular weight excluding hydrogens is 198 g/mol. The van der Waals surface area contributed by atoms with Crippen LogP contribution in [0.5, 0.6) is 11.5 Å². The first kappa shape index (κ1) is 11.3. The first-order valence-electron chi connectivity index (χ1n) is 4.33. The third-order valence-electron chi connectivity index (χ3n) is 2.06. The third-order valence-corrected chi connectivity index (χ3v) is 2.06. The molecule has 0 spiro atoms. The maximum atomic E-state index is 10.7. The molecule has 1 aromatic carbocycles. The second-order valence-corrected chi connectivity index (χ2v) is 3.22. The van der Waals surface area contributed by atoms with Crippen LogP contribution in [0.15, 0.2) is 12.1 Å². The summed E-state index contributed by atoms with van der Waals surface area (Å²) in [7, 11) is 1.40. The van der Waals surface area contributed by atoms with E-state index in [1.54, 1.807) is 13.0 Å². The highest BCUT2D eigenvalue weighted by molar-refractivity contribution is 5.78. The molecule has 5 nitrogen and oxygen atoms in total. The highest BCUT2D eigenvalue weighted by Crippen LogP contribution is 2.33. The van der Waals surface area contributed by atoms with Crippen molar-refractivity contribution in [3.63, 3.8) is 0 Å². The van der Waals surface area contributed by atoms with Crippen molar-refractivity contribution in [1.29, 1.82) is 0 Å². The molecule has 15 heavy (non-hydrogen) atoms. The van der Waals surface area contributed by atoms with Crippen molar-refractivity contribution in [2.24, 2.45) is 5.73 Å². The van der Waals surface area contributed by atoms with Gasteiger partial charge < -0.3 is 20.7 Å². The van der Waals surface area contributed by atoms with Gasteiger partial charge in [0.25, 0.3) is 0 Å². The van der Waals surface area contributed by atoms with E-state index in [1.807, 2.05) is 0 Å². The van der Waals surface area contributed by atoms with Crippen LogP contribution >= 0.6 is 0 Å². The number of phenols is 1. The van der Waals surface area contributed by atoms with E-state index in [1.165, 1.54) is 13.2 Å². The number of carbonyl (C=O) groups is 1. The van der Waals surface area contributed by atoms with E-state index in [0.29, 0.717) is 0 Å². The van der Waals surface area contributed by atoms with E-state index in [0.717, 1.165) is 5.56 Å². The minimum absolute atomic E-state index is 0.0931. The molecule has 0 bridgehead atoms. The Kier molecular flexibility index (Phi) is 3.16. The summed E-state index contributed by atoms with van der Waals surface area (Å²) < 4.78 is 4.97. The smallest absolute Gasteiger partial charge is 0.325 e. The molecule has 0 aliphatic carbocycles. The Morgan fingerprint density at radius 2 is 2.13 bits per heavy atom. The van der Waals surface area contributed by atoms with Gasteiger partial charge in [-0.2, -0.15) is 0 Å². The molecule has 0 saturated carbocycles. The Hall–Kier alpha value is -1.75. The number of aliphatic carboxylic acids is 1. The van der Waals surface area contributed by atoms with Gasteiger partial charge in [0, 0.05) is 0 Å². The SMILES string of the molecule is COc1cc(C)cc(O)c1[C@H](N)C(=O)O. The normalized spacial score (nSPS) is 12.2. The second kappa shape index (κ2) is 4.18. The van der Waals surface area contributed by atoms with E-state index in [9.17, 15) is 9.90 Å². The summed E-state index contributed by atoms with van der Waals surface area (Å²) in [6, 6.07) is 1.78. The molecule has 82 valence electrons. The average molecular weight is 211 g/mol. The Bertz CT molecular complexity index is 389. The minimum Gasteiger partial charge on any atom is -0.507 e. The van der Waals surface area contributed by atoms with Crippen molar-refractivity contribution >= 4 is 5.97 Å². The molecule has 0 saturated heterocycles. The largest absolute Gasteiger partial charge is 0.507 e. The zero-order valence-electron chi connectivity index (χ0n) is 8.52. The van der Waals surface area contributed by atoms with Crippen molar-refractivity contribution in [3.05, 3.63) is 23.3 Å². The van der Waals surface area contributed by atoms with Gasteiger partial charge in [0.05, 0.1) is 12.7 Å². The Labute approximate surface area is 87.1 Å². The van der Waals surface area contributed by atoms with Crippen LogP contribution in [0.3, 0.4) is 0 Å². The number of carboxylic acids is 1. The van der Waals surface area contributed by atoms with Crippen molar-refractivity contribution in [3.8, 4) is 11.5 Å². The number of aromatic hydroxyl groups is 1. The van der Waals surface area contributed by atoms with E-state index in [2.05, 4.69) is 0 Å². The fourth-order valence-corrected chi connectivity index (χ4v) is 1.35. The maximum absolute atomic E-state index is 10.7. The monoisotopic (exact) mass is 211 g/mol. The van der Waals surface area contributed by atoms with Gasteiger partial charge in [0.1, 0.15) is 17.5 Å². The van der Waals surface area contributed by atoms with Gasteiger partial charge >= 0.3 is 5.97 Å². The number of hydrogen-bond donors (Lipinski definition) is 3. The topological polar surface area (TPSA) is 92.8 Å². The summed E-state index contributed by atoms with van der Waals surface area (Å²) in [6.07, 6.45) is 0. The molecule has 5 heteroatoms. The lowest BCUT2D eigenvalue weighted by Gasteiger charge is -2.14. The maximum Gasteiger partial charge on any atom is 0.325 e. The van der Waals surface area contributed by atoms with Gasteiger partial charge in [0.2, 0.25) is 0 Å². The molecule has 0 amide bonds. The highest BCUT2D eigenvalue weighted by Gasteiger charge is 2.22. The van der Waals surface area contributed by atoms with Crippen molar-refractivity contribution in [2.75, 3.05) is 7.11 Å². The summed E-state index contributed by atoms with van der Waals surface area (Å²) in [5.74, 6) is -1.10. The zero-order valence-corrected chi connectivity index (χ0v) is 8.52. The molecule has 1 rings (SSSR count). The number of carboxylic acid groups (broad SMARTS) is 1. The molecule has 0 radical (unpaired) electrons. The van der Waals surface area contributed by atoms with Crippen molar-refractivity contribution in [2.45, 2.75) is 13.0 Å². The predicted molar refractivity (Wildman–Crippen MR) is 54.0 cm³/mol. The summed E-state index contributed by atoms with van der Waals surface area (Å²) in [5, 5.41) is 18.4. The number of phenolic OH excluding ortho intramolecular Hbond substituents is 1.